The Morgan fingerprint density at radius 3 is 2.35 bits per heavy atom. The first kappa shape index (κ1) is 34.4. The number of rotatable bonds is 15. The first-order chi connectivity index (χ1) is 20.5. The van der Waals surface area contributed by atoms with E-state index in [9.17, 15) is 19.5 Å². The summed E-state index contributed by atoms with van der Waals surface area (Å²) >= 11 is 6.03. The van der Waals surface area contributed by atoms with E-state index in [-0.39, 0.29) is 19.4 Å². The Morgan fingerprint density at radius 1 is 1.02 bits per heavy atom. The van der Waals surface area contributed by atoms with Crippen molar-refractivity contribution in [1.29, 1.82) is 0 Å². The summed E-state index contributed by atoms with van der Waals surface area (Å²) in [7, 11) is 0. The number of hydrogen-bond acceptors (Lipinski definition) is 6. The standard InChI is InChI=1S/C31H41ClF2N4O5/c1-21(2)27(28(40)31(33,34)30(42)35-13-14-38-15-17-43-18-16-38)37-29(41)25(20-22-7-4-3-5-8-22)36-26(39)12-11-23-9-6-10-24(32)19-23/h3-10,19,21,25,27-28,40H,11-18,20H2,1-2H3,(H,35,42)(H,36,39)(H,37,41)/t25-,27-,28+/m0/s1. The molecule has 1 aliphatic heterocycles. The molecule has 0 aliphatic carbocycles. The molecule has 0 unspecified atom stereocenters. The third-order valence-corrected chi connectivity index (χ3v) is 7.56. The molecule has 2 aromatic rings. The van der Waals surface area contributed by atoms with Gasteiger partial charge in [-0.25, -0.2) is 0 Å². The number of ether oxygens (including phenoxy) is 1. The largest absolute Gasteiger partial charge is 0.384 e. The van der Waals surface area contributed by atoms with Crippen molar-refractivity contribution in [1.82, 2.24) is 20.9 Å². The molecule has 3 atom stereocenters. The van der Waals surface area contributed by atoms with Crippen LogP contribution in [0, 0.1) is 5.92 Å². The fourth-order valence-electron chi connectivity index (χ4n) is 4.78. The van der Waals surface area contributed by atoms with Crippen LogP contribution in [0.15, 0.2) is 54.6 Å². The summed E-state index contributed by atoms with van der Waals surface area (Å²) in [4.78, 5) is 40.7. The molecule has 9 nitrogen and oxygen atoms in total. The lowest BCUT2D eigenvalue weighted by molar-refractivity contribution is -0.169. The van der Waals surface area contributed by atoms with Gasteiger partial charge in [-0.1, -0.05) is 67.9 Å². The van der Waals surface area contributed by atoms with Crippen LogP contribution in [0.3, 0.4) is 0 Å². The number of nitrogens with zero attached hydrogens (tertiary/aromatic N) is 1. The zero-order chi connectivity index (χ0) is 31.4. The lowest BCUT2D eigenvalue weighted by Crippen LogP contribution is -2.61. The smallest absolute Gasteiger partial charge is 0.351 e. The van der Waals surface area contributed by atoms with Gasteiger partial charge in [0.15, 0.2) is 0 Å². The molecule has 4 N–H and O–H groups in total. The Balaban J connectivity index is 1.66. The van der Waals surface area contributed by atoms with E-state index in [1.165, 1.54) is 0 Å². The lowest BCUT2D eigenvalue weighted by Gasteiger charge is -2.33. The summed E-state index contributed by atoms with van der Waals surface area (Å²) in [5.41, 5.74) is 1.59. The molecular formula is C31H41ClF2N4O5. The van der Waals surface area contributed by atoms with E-state index in [2.05, 4.69) is 16.0 Å². The molecule has 2 aromatic carbocycles. The Labute approximate surface area is 256 Å². The second-order valence-electron chi connectivity index (χ2n) is 11.0. The van der Waals surface area contributed by atoms with Gasteiger partial charge in [0, 0.05) is 44.0 Å². The number of carbonyl (C=O) groups excluding carboxylic acids is 3. The van der Waals surface area contributed by atoms with Crippen molar-refractivity contribution in [2.45, 2.75) is 57.2 Å². The summed E-state index contributed by atoms with van der Waals surface area (Å²) < 4.78 is 35.6. The number of alkyl halides is 2. The predicted octanol–water partition coefficient (Wildman–Crippen LogP) is 2.59. The van der Waals surface area contributed by atoms with Crippen molar-refractivity contribution in [2.24, 2.45) is 5.92 Å². The first-order valence-electron chi connectivity index (χ1n) is 14.5. The maximum atomic E-state index is 15.2. The quantitative estimate of drug-likeness (QED) is 0.242. The minimum Gasteiger partial charge on any atom is -0.384 e. The first-order valence-corrected chi connectivity index (χ1v) is 14.9. The summed E-state index contributed by atoms with van der Waals surface area (Å²) in [6.45, 7) is 5.78. The number of benzene rings is 2. The van der Waals surface area contributed by atoms with Gasteiger partial charge in [-0.2, -0.15) is 8.78 Å². The highest BCUT2D eigenvalue weighted by Crippen LogP contribution is 2.25. The highest BCUT2D eigenvalue weighted by Gasteiger charge is 2.51. The van der Waals surface area contributed by atoms with Crippen molar-refractivity contribution >= 4 is 29.3 Å². The molecule has 0 aromatic heterocycles. The number of nitrogens with one attached hydrogen (secondary N) is 3. The van der Waals surface area contributed by atoms with E-state index in [0.29, 0.717) is 44.3 Å². The zero-order valence-corrected chi connectivity index (χ0v) is 25.3. The monoisotopic (exact) mass is 622 g/mol. The number of aliphatic hydroxyl groups is 1. The van der Waals surface area contributed by atoms with Gasteiger partial charge in [-0.05, 0) is 35.6 Å². The van der Waals surface area contributed by atoms with E-state index in [4.69, 9.17) is 16.3 Å². The Hall–Kier alpha value is -3.12. The number of aliphatic hydroxyl groups excluding tert-OH is 1. The summed E-state index contributed by atoms with van der Waals surface area (Å²) in [6.07, 6.45) is -1.96. The van der Waals surface area contributed by atoms with Crippen LogP contribution < -0.4 is 16.0 Å². The number of morpholine rings is 1. The normalized spacial score (nSPS) is 16.3. The molecule has 0 spiro atoms. The van der Waals surface area contributed by atoms with Crippen LogP contribution in [0.2, 0.25) is 5.02 Å². The van der Waals surface area contributed by atoms with Crippen LogP contribution in [-0.4, -0.2) is 91.2 Å². The number of hydrogen-bond donors (Lipinski definition) is 4. The van der Waals surface area contributed by atoms with Crippen molar-refractivity contribution in [3.8, 4) is 0 Å². The van der Waals surface area contributed by atoms with E-state index in [1.54, 1.807) is 62.4 Å². The van der Waals surface area contributed by atoms with E-state index in [0.717, 1.165) is 11.1 Å². The van der Waals surface area contributed by atoms with Gasteiger partial charge in [-0.15, -0.1) is 0 Å². The van der Waals surface area contributed by atoms with Crippen molar-refractivity contribution in [3.63, 3.8) is 0 Å². The number of aryl methyl sites for hydroxylation is 1. The minimum absolute atomic E-state index is 0.0276. The van der Waals surface area contributed by atoms with Crippen LogP contribution in [0.4, 0.5) is 8.78 Å². The molecule has 0 bridgehead atoms. The van der Waals surface area contributed by atoms with Crippen LogP contribution in [-0.2, 0) is 32.0 Å². The highest BCUT2D eigenvalue weighted by molar-refractivity contribution is 6.30. The van der Waals surface area contributed by atoms with Gasteiger partial charge < -0.3 is 25.8 Å². The molecule has 0 radical (unpaired) electrons. The maximum Gasteiger partial charge on any atom is 0.351 e. The molecule has 1 aliphatic rings. The molecule has 12 heteroatoms. The Morgan fingerprint density at radius 2 is 1.70 bits per heavy atom. The van der Waals surface area contributed by atoms with Gasteiger partial charge in [-0.3, -0.25) is 19.3 Å². The highest BCUT2D eigenvalue weighted by atomic mass is 35.5. The second kappa shape index (κ2) is 16.7. The predicted molar refractivity (Wildman–Crippen MR) is 160 cm³/mol. The zero-order valence-electron chi connectivity index (χ0n) is 24.5. The van der Waals surface area contributed by atoms with Crippen molar-refractivity contribution in [3.05, 3.63) is 70.7 Å². The third-order valence-electron chi connectivity index (χ3n) is 7.32. The van der Waals surface area contributed by atoms with E-state index in [1.807, 2.05) is 11.0 Å². The van der Waals surface area contributed by atoms with E-state index >= 15 is 8.78 Å². The number of amides is 3. The maximum absolute atomic E-state index is 15.2. The lowest BCUT2D eigenvalue weighted by atomic mass is 9.93. The van der Waals surface area contributed by atoms with Gasteiger partial charge in [0.05, 0.1) is 19.3 Å². The van der Waals surface area contributed by atoms with Gasteiger partial charge in [0.2, 0.25) is 11.8 Å². The van der Waals surface area contributed by atoms with Crippen LogP contribution in [0.5, 0.6) is 0 Å². The summed E-state index contributed by atoms with van der Waals surface area (Å²) in [5, 5.41) is 18.6. The molecule has 43 heavy (non-hydrogen) atoms. The molecule has 1 heterocycles. The molecule has 3 rings (SSSR count). The molecule has 0 saturated carbocycles. The van der Waals surface area contributed by atoms with Crippen molar-refractivity contribution in [2.75, 3.05) is 39.4 Å². The van der Waals surface area contributed by atoms with Crippen LogP contribution in [0.1, 0.15) is 31.4 Å². The number of halogens is 3. The molecule has 236 valence electrons. The van der Waals surface area contributed by atoms with Crippen LogP contribution >= 0.6 is 11.6 Å². The summed E-state index contributed by atoms with van der Waals surface area (Å²) in [5.74, 6) is -7.63. The third kappa shape index (κ3) is 10.8. The SMILES string of the molecule is CC(C)[C@H](NC(=O)[C@H](Cc1ccccc1)NC(=O)CCc1cccc(Cl)c1)[C@@H](O)C(F)(F)C(=O)NCCN1CCOCC1. The minimum atomic E-state index is -4.18. The fourth-order valence-corrected chi connectivity index (χ4v) is 4.99. The van der Waals surface area contributed by atoms with Crippen LogP contribution in [0.25, 0.3) is 0 Å². The van der Waals surface area contributed by atoms with Gasteiger partial charge in [0.25, 0.3) is 5.91 Å². The number of carbonyl (C=O) groups is 3. The van der Waals surface area contributed by atoms with Gasteiger partial charge >= 0.3 is 5.92 Å². The average Bonchev–Trinajstić information content (AvgIpc) is 2.99. The second-order valence-corrected chi connectivity index (χ2v) is 11.4. The molecule has 1 fully saturated rings. The fraction of sp³-hybridized carbons (Fsp3) is 0.516. The Kier molecular flexibility index (Phi) is 13.3. The van der Waals surface area contributed by atoms with Crippen molar-refractivity contribution < 1.29 is 33.0 Å². The summed E-state index contributed by atoms with van der Waals surface area (Å²) in [6, 6.07) is 13.4. The molecule has 3 amide bonds. The Bertz CT molecular complexity index is 1200. The van der Waals surface area contributed by atoms with E-state index < -0.39 is 47.7 Å². The molecular weight excluding hydrogens is 582 g/mol. The topological polar surface area (TPSA) is 120 Å². The molecule has 1 saturated heterocycles. The average molecular weight is 623 g/mol. The van der Waals surface area contributed by atoms with Gasteiger partial charge in [0.1, 0.15) is 12.1 Å².